The molecule has 0 saturated heterocycles. The maximum absolute atomic E-state index is 11.9. The maximum Gasteiger partial charge on any atom is 0.360 e. The van der Waals surface area contributed by atoms with Gasteiger partial charge in [-0.15, -0.1) is 5.10 Å². The second-order valence-electron chi connectivity index (χ2n) is 4.98. The van der Waals surface area contributed by atoms with Crippen molar-refractivity contribution in [3.63, 3.8) is 0 Å². The zero-order valence-electron chi connectivity index (χ0n) is 12.3. The zero-order chi connectivity index (χ0) is 15.4. The van der Waals surface area contributed by atoms with Crippen LogP contribution in [0.5, 0.6) is 0 Å². The number of hydrogen-bond donors (Lipinski definition) is 0. The van der Waals surface area contributed by atoms with Gasteiger partial charge in [-0.1, -0.05) is 49.2 Å². The summed E-state index contributed by atoms with van der Waals surface area (Å²) in [6, 6.07) is 7.25. The summed E-state index contributed by atoms with van der Waals surface area (Å²) in [6.07, 6.45) is 1.02. The van der Waals surface area contributed by atoms with Gasteiger partial charge in [0.1, 0.15) is 5.69 Å². The standard InChI is InChI=1S/C15H18ClN3O2/c1-4-10(2)9-19-14(11-5-7-12(16)8-6-11)13(17-18-19)15(20)21-3/h5-8,10H,4,9H2,1-3H3. The van der Waals surface area contributed by atoms with Gasteiger partial charge in [0, 0.05) is 17.1 Å². The van der Waals surface area contributed by atoms with Crippen LogP contribution in [0.2, 0.25) is 5.02 Å². The van der Waals surface area contributed by atoms with Crippen LogP contribution in [0, 0.1) is 5.92 Å². The van der Waals surface area contributed by atoms with Gasteiger partial charge in [-0.25, -0.2) is 9.48 Å². The summed E-state index contributed by atoms with van der Waals surface area (Å²) < 4.78 is 6.54. The van der Waals surface area contributed by atoms with Gasteiger partial charge in [-0.05, 0) is 18.1 Å². The average Bonchev–Trinajstić information content (AvgIpc) is 2.90. The van der Waals surface area contributed by atoms with Gasteiger partial charge in [0.15, 0.2) is 5.69 Å². The molecule has 0 spiro atoms. The molecule has 1 atom stereocenters. The molecule has 0 amide bonds. The Hall–Kier alpha value is -1.88. The van der Waals surface area contributed by atoms with Gasteiger partial charge in [-0.3, -0.25) is 0 Å². The van der Waals surface area contributed by atoms with E-state index in [1.165, 1.54) is 7.11 Å². The van der Waals surface area contributed by atoms with E-state index in [9.17, 15) is 4.79 Å². The predicted molar refractivity (Wildman–Crippen MR) is 81.3 cm³/mol. The lowest BCUT2D eigenvalue weighted by Crippen LogP contribution is -2.11. The van der Waals surface area contributed by atoms with E-state index in [1.807, 2.05) is 12.1 Å². The zero-order valence-corrected chi connectivity index (χ0v) is 13.1. The third kappa shape index (κ3) is 3.42. The van der Waals surface area contributed by atoms with Crippen molar-refractivity contribution in [2.45, 2.75) is 26.8 Å². The van der Waals surface area contributed by atoms with E-state index in [0.29, 0.717) is 23.2 Å². The molecule has 0 aliphatic rings. The Morgan fingerprint density at radius 1 is 1.38 bits per heavy atom. The Labute approximate surface area is 128 Å². The van der Waals surface area contributed by atoms with Crippen molar-refractivity contribution in [2.24, 2.45) is 5.92 Å². The van der Waals surface area contributed by atoms with Gasteiger partial charge < -0.3 is 4.74 Å². The lowest BCUT2D eigenvalue weighted by atomic mass is 10.1. The fourth-order valence-corrected chi connectivity index (χ4v) is 2.12. The molecule has 0 fully saturated rings. The molecule has 21 heavy (non-hydrogen) atoms. The predicted octanol–water partition coefficient (Wildman–Crippen LogP) is 3.43. The quantitative estimate of drug-likeness (QED) is 0.794. The molecule has 1 heterocycles. The first-order valence-corrected chi connectivity index (χ1v) is 7.22. The Morgan fingerprint density at radius 2 is 2.05 bits per heavy atom. The summed E-state index contributed by atoms with van der Waals surface area (Å²) in [5.41, 5.74) is 1.73. The summed E-state index contributed by atoms with van der Waals surface area (Å²) in [6.45, 7) is 4.94. The van der Waals surface area contributed by atoms with E-state index < -0.39 is 5.97 Å². The van der Waals surface area contributed by atoms with E-state index >= 15 is 0 Å². The lowest BCUT2D eigenvalue weighted by Gasteiger charge is -2.12. The van der Waals surface area contributed by atoms with Crippen molar-refractivity contribution in [3.05, 3.63) is 35.0 Å². The van der Waals surface area contributed by atoms with E-state index in [2.05, 4.69) is 24.2 Å². The number of halogens is 1. The monoisotopic (exact) mass is 307 g/mol. The molecule has 0 aliphatic heterocycles. The van der Waals surface area contributed by atoms with Crippen molar-refractivity contribution >= 4 is 17.6 Å². The highest BCUT2D eigenvalue weighted by Crippen LogP contribution is 2.25. The van der Waals surface area contributed by atoms with Gasteiger partial charge in [0.05, 0.1) is 7.11 Å². The van der Waals surface area contributed by atoms with Crippen LogP contribution in [-0.2, 0) is 11.3 Å². The normalized spacial score (nSPS) is 12.2. The lowest BCUT2D eigenvalue weighted by molar-refractivity contribution is 0.0595. The van der Waals surface area contributed by atoms with Crippen molar-refractivity contribution in [1.82, 2.24) is 15.0 Å². The summed E-state index contributed by atoms with van der Waals surface area (Å²) in [5, 5.41) is 8.72. The number of nitrogens with zero attached hydrogens (tertiary/aromatic N) is 3. The fourth-order valence-electron chi connectivity index (χ4n) is 1.99. The number of hydrogen-bond acceptors (Lipinski definition) is 4. The van der Waals surface area contributed by atoms with Crippen molar-refractivity contribution in [1.29, 1.82) is 0 Å². The molecular formula is C15H18ClN3O2. The molecule has 112 valence electrons. The third-order valence-electron chi connectivity index (χ3n) is 3.41. The maximum atomic E-state index is 11.9. The van der Waals surface area contributed by atoms with Gasteiger partial charge >= 0.3 is 5.97 Å². The van der Waals surface area contributed by atoms with E-state index in [-0.39, 0.29) is 5.69 Å². The molecule has 0 saturated carbocycles. The minimum Gasteiger partial charge on any atom is -0.464 e. The van der Waals surface area contributed by atoms with Gasteiger partial charge in [0.25, 0.3) is 0 Å². The first-order chi connectivity index (χ1) is 10.1. The van der Waals surface area contributed by atoms with Gasteiger partial charge in [0.2, 0.25) is 0 Å². The molecule has 0 bridgehead atoms. The first-order valence-electron chi connectivity index (χ1n) is 6.84. The number of aromatic nitrogens is 3. The minimum atomic E-state index is -0.490. The topological polar surface area (TPSA) is 57.0 Å². The highest BCUT2D eigenvalue weighted by Gasteiger charge is 2.22. The number of methoxy groups -OCH3 is 1. The van der Waals surface area contributed by atoms with Crippen LogP contribution in [0.25, 0.3) is 11.3 Å². The van der Waals surface area contributed by atoms with Crippen molar-refractivity contribution in [2.75, 3.05) is 7.11 Å². The van der Waals surface area contributed by atoms with Crippen LogP contribution in [0.15, 0.2) is 24.3 Å². The SMILES string of the molecule is CCC(C)Cn1nnc(C(=O)OC)c1-c1ccc(Cl)cc1. The van der Waals surface area contributed by atoms with Crippen molar-refractivity contribution in [3.8, 4) is 11.3 Å². The van der Waals surface area contributed by atoms with E-state index in [0.717, 1.165) is 12.0 Å². The highest BCUT2D eigenvalue weighted by molar-refractivity contribution is 6.30. The van der Waals surface area contributed by atoms with Crippen LogP contribution in [0.4, 0.5) is 0 Å². The molecule has 5 nitrogen and oxygen atoms in total. The largest absolute Gasteiger partial charge is 0.464 e. The molecule has 2 rings (SSSR count). The summed E-state index contributed by atoms with van der Waals surface area (Å²) in [5.74, 6) is -0.0569. The van der Waals surface area contributed by atoms with E-state index in [4.69, 9.17) is 16.3 Å². The van der Waals surface area contributed by atoms with E-state index in [1.54, 1.807) is 16.8 Å². The molecule has 0 N–H and O–H groups in total. The van der Waals surface area contributed by atoms with Crippen LogP contribution in [-0.4, -0.2) is 28.1 Å². The number of rotatable bonds is 5. The molecule has 1 unspecified atom stereocenters. The molecule has 0 radical (unpaired) electrons. The number of ether oxygens (including phenoxy) is 1. The fraction of sp³-hybridized carbons (Fsp3) is 0.400. The van der Waals surface area contributed by atoms with Crippen molar-refractivity contribution < 1.29 is 9.53 Å². The Kier molecular flexibility index (Phi) is 4.96. The minimum absolute atomic E-state index is 0.225. The van der Waals surface area contributed by atoms with Crippen LogP contribution in [0.3, 0.4) is 0 Å². The third-order valence-corrected chi connectivity index (χ3v) is 3.67. The second kappa shape index (κ2) is 6.72. The molecule has 1 aromatic heterocycles. The molecule has 1 aromatic carbocycles. The first kappa shape index (κ1) is 15.5. The number of carbonyl (C=O) groups excluding carboxylic acids is 1. The Bertz CT molecular complexity index is 622. The number of esters is 1. The van der Waals surface area contributed by atoms with Crippen LogP contribution in [0.1, 0.15) is 30.8 Å². The molecule has 6 heteroatoms. The number of benzene rings is 1. The summed E-state index contributed by atoms with van der Waals surface area (Å²) in [7, 11) is 1.33. The summed E-state index contributed by atoms with van der Waals surface area (Å²) in [4.78, 5) is 11.9. The van der Waals surface area contributed by atoms with Gasteiger partial charge in [-0.2, -0.15) is 0 Å². The second-order valence-corrected chi connectivity index (χ2v) is 5.42. The highest BCUT2D eigenvalue weighted by atomic mass is 35.5. The smallest absolute Gasteiger partial charge is 0.360 e. The molecule has 2 aromatic rings. The molecule has 0 aliphatic carbocycles. The van der Waals surface area contributed by atoms with Crippen LogP contribution < -0.4 is 0 Å². The molecular weight excluding hydrogens is 290 g/mol. The Balaban J connectivity index is 2.50. The summed E-state index contributed by atoms with van der Waals surface area (Å²) >= 11 is 5.92. The average molecular weight is 308 g/mol. The Morgan fingerprint density at radius 3 is 2.62 bits per heavy atom. The number of carbonyl (C=O) groups is 1. The van der Waals surface area contributed by atoms with Crippen LogP contribution >= 0.6 is 11.6 Å².